The van der Waals surface area contributed by atoms with Gasteiger partial charge in [-0.05, 0) is 106 Å². The van der Waals surface area contributed by atoms with Crippen molar-refractivity contribution >= 4 is 34.2 Å². The lowest BCUT2D eigenvalue weighted by atomic mass is 9.98. The van der Waals surface area contributed by atoms with E-state index in [1.165, 1.54) is 62.0 Å². The number of likely N-dealkylation sites (tertiary alicyclic amines) is 2. The number of rotatable bonds is 10. The Morgan fingerprint density at radius 1 is 0.854 bits per heavy atom. The smallest absolute Gasteiger partial charge is 0.270 e. The van der Waals surface area contributed by atoms with Crippen LogP contribution in [-0.2, 0) is 17.8 Å². The standard InChI is InChI=1S/C33H37N5O3/c39-33-31(29-22-28(38(40)41)15-16-30(29)35-33)32(34-27-13-9-25(10-14-27)23-37-19-3-4-20-37)26-11-7-24(8-12-26)6-5-21-36-17-1-2-18-36/h7-16,22,34H,1-6,17-21,23H2,(H,35,39). The van der Waals surface area contributed by atoms with E-state index < -0.39 is 4.92 Å². The zero-order valence-corrected chi connectivity index (χ0v) is 23.4. The predicted octanol–water partition coefficient (Wildman–Crippen LogP) is 6.15. The molecule has 0 saturated carbocycles. The molecular formula is C33H37N5O3. The Morgan fingerprint density at radius 3 is 2.20 bits per heavy atom. The molecule has 0 bridgehead atoms. The monoisotopic (exact) mass is 551 g/mol. The lowest BCUT2D eigenvalue weighted by Crippen LogP contribution is -2.20. The van der Waals surface area contributed by atoms with Gasteiger partial charge in [-0.3, -0.25) is 19.8 Å². The first-order chi connectivity index (χ1) is 20.0. The molecule has 3 aromatic carbocycles. The number of nitro groups is 1. The molecule has 0 aliphatic carbocycles. The van der Waals surface area contributed by atoms with Gasteiger partial charge < -0.3 is 15.5 Å². The highest BCUT2D eigenvalue weighted by atomic mass is 16.6. The van der Waals surface area contributed by atoms with Crippen molar-refractivity contribution in [2.45, 2.75) is 45.1 Å². The van der Waals surface area contributed by atoms with Crippen LogP contribution in [0.5, 0.6) is 0 Å². The Labute approximate surface area is 241 Å². The molecule has 8 nitrogen and oxygen atoms in total. The van der Waals surface area contributed by atoms with Crippen LogP contribution in [0.1, 0.15) is 54.4 Å². The number of benzene rings is 3. The van der Waals surface area contributed by atoms with Gasteiger partial charge in [-0.2, -0.15) is 0 Å². The minimum atomic E-state index is -0.427. The van der Waals surface area contributed by atoms with Gasteiger partial charge in [-0.15, -0.1) is 0 Å². The second kappa shape index (κ2) is 12.2. The largest absolute Gasteiger partial charge is 0.354 e. The minimum absolute atomic E-state index is 0.0447. The molecule has 3 aliphatic heterocycles. The van der Waals surface area contributed by atoms with Crippen molar-refractivity contribution in [3.05, 3.63) is 99.1 Å². The zero-order valence-electron chi connectivity index (χ0n) is 23.4. The molecule has 0 unspecified atom stereocenters. The van der Waals surface area contributed by atoms with Crippen molar-refractivity contribution < 1.29 is 9.72 Å². The van der Waals surface area contributed by atoms with Gasteiger partial charge in [0.2, 0.25) is 0 Å². The number of carbonyl (C=O) groups excluding carboxylic acids is 1. The molecule has 1 amide bonds. The van der Waals surface area contributed by atoms with E-state index in [1.807, 2.05) is 24.3 Å². The Morgan fingerprint density at radius 2 is 1.51 bits per heavy atom. The number of nitrogens with zero attached hydrogens (tertiary/aromatic N) is 3. The quantitative estimate of drug-likeness (QED) is 0.178. The first kappa shape index (κ1) is 27.2. The third kappa shape index (κ3) is 6.34. The number of anilines is 2. The summed E-state index contributed by atoms with van der Waals surface area (Å²) in [6.07, 6.45) is 7.25. The second-order valence-corrected chi connectivity index (χ2v) is 11.3. The molecule has 3 aromatic rings. The Balaban J connectivity index is 1.29. The van der Waals surface area contributed by atoms with Crippen LogP contribution < -0.4 is 10.6 Å². The fraction of sp³-hybridized carbons (Fsp3) is 0.364. The third-order valence-corrected chi connectivity index (χ3v) is 8.42. The molecule has 41 heavy (non-hydrogen) atoms. The topological polar surface area (TPSA) is 90.7 Å². The SMILES string of the molecule is O=C1Nc2ccc([N+](=O)[O-])cc2C1=C(Nc1ccc(CN2CCCC2)cc1)c1ccc(CCCN2CCCC2)cc1. The summed E-state index contributed by atoms with van der Waals surface area (Å²) < 4.78 is 0. The van der Waals surface area contributed by atoms with Crippen LogP contribution in [0.25, 0.3) is 11.3 Å². The molecular weight excluding hydrogens is 514 g/mol. The number of fused-ring (bicyclic) bond motifs is 1. The van der Waals surface area contributed by atoms with E-state index in [0.29, 0.717) is 22.5 Å². The van der Waals surface area contributed by atoms with Gasteiger partial charge in [-0.25, -0.2) is 0 Å². The molecule has 8 heteroatoms. The molecule has 6 rings (SSSR count). The third-order valence-electron chi connectivity index (χ3n) is 8.42. The Bertz CT molecular complexity index is 1440. The van der Waals surface area contributed by atoms with E-state index >= 15 is 0 Å². The van der Waals surface area contributed by atoms with Crippen LogP contribution in [0.4, 0.5) is 17.1 Å². The lowest BCUT2D eigenvalue weighted by Gasteiger charge is -2.17. The Kier molecular flexibility index (Phi) is 8.11. The van der Waals surface area contributed by atoms with Crippen LogP contribution in [-0.4, -0.2) is 53.4 Å². The van der Waals surface area contributed by atoms with Crippen LogP contribution in [0.3, 0.4) is 0 Å². The number of hydrogen-bond donors (Lipinski definition) is 2. The molecule has 0 radical (unpaired) electrons. The summed E-state index contributed by atoms with van der Waals surface area (Å²) >= 11 is 0. The first-order valence-electron chi connectivity index (χ1n) is 14.8. The van der Waals surface area contributed by atoms with E-state index in [1.54, 1.807) is 6.07 Å². The van der Waals surface area contributed by atoms with Gasteiger partial charge >= 0.3 is 0 Å². The molecule has 0 spiro atoms. The van der Waals surface area contributed by atoms with Gasteiger partial charge in [0.25, 0.3) is 11.6 Å². The maximum Gasteiger partial charge on any atom is 0.270 e. The summed E-state index contributed by atoms with van der Waals surface area (Å²) in [6, 6.07) is 21.2. The highest BCUT2D eigenvalue weighted by Crippen LogP contribution is 2.39. The number of non-ortho nitro benzene ring substituents is 1. The van der Waals surface area contributed by atoms with Crippen LogP contribution in [0.15, 0.2) is 66.7 Å². The molecule has 212 valence electrons. The van der Waals surface area contributed by atoms with Crippen molar-refractivity contribution in [3.8, 4) is 0 Å². The fourth-order valence-corrected chi connectivity index (χ4v) is 6.18. The average Bonchev–Trinajstić information content (AvgIpc) is 3.75. The fourth-order valence-electron chi connectivity index (χ4n) is 6.18. The summed E-state index contributed by atoms with van der Waals surface area (Å²) in [5.74, 6) is -0.275. The number of carbonyl (C=O) groups is 1. The molecule has 2 saturated heterocycles. The number of nitro benzene ring substituents is 1. The van der Waals surface area contributed by atoms with Gasteiger partial charge in [0.1, 0.15) is 0 Å². The van der Waals surface area contributed by atoms with Crippen molar-refractivity contribution in [3.63, 3.8) is 0 Å². The number of amides is 1. The second-order valence-electron chi connectivity index (χ2n) is 11.3. The van der Waals surface area contributed by atoms with Crippen molar-refractivity contribution in [2.75, 3.05) is 43.4 Å². The van der Waals surface area contributed by atoms with Gasteiger partial charge in [0, 0.05) is 35.6 Å². The molecule has 2 N–H and O–H groups in total. The van der Waals surface area contributed by atoms with Gasteiger partial charge in [-0.1, -0.05) is 36.4 Å². The number of nitrogens with one attached hydrogen (secondary N) is 2. The highest BCUT2D eigenvalue weighted by Gasteiger charge is 2.30. The van der Waals surface area contributed by atoms with E-state index in [9.17, 15) is 14.9 Å². The maximum atomic E-state index is 13.3. The predicted molar refractivity (Wildman–Crippen MR) is 164 cm³/mol. The first-order valence-corrected chi connectivity index (χ1v) is 14.8. The van der Waals surface area contributed by atoms with Gasteiger partial charge in [0.15, 0.2) is 0 Å². The molecule has 3 heterocycles. The van der Waals surface area contributed by atoms with E-state index in [-0.39, 0.29) is 11.6 Å². The summed E-state index contributed by atoms with van der Waals surface area (Å²) in [4.78, 5) is 29.4. The van der Waals surface area contributed by atoms with Crippen molar-refractivity contribution in [2.24, 2.45) is 0 Å². The van der Waals surface area contributed by atoms with Crippen molar-refractivity contribution in [1.82, 2.24) is 9.80 Å². The molecule has 3 aliphatic rings. The maximum absolute atomic E-state index is 13.3. The zero-order chi connectivity index (χ0) is 28.2. The van der Waals surface area contributed by atoms with E-state index in [2.05, 4.69) is 44.7 Å². The molecule has 0 atom stereocenters. The number of aryl methyl sites for hydroxylation is 1. The summed E-state index contributed by atoms with van der Waals surface area (Å²) in [5.41, 5.74) is 6.35. The normalized spacial score (nSPS) is 18.4. The van der Waals surface area contributed by atoms with E-state index in [4.69, 9.17) is 0 Å². The van der Waals surface area contributed by atoms with Crippen LogP contribution >= 0.6 is 0 Å². The van der Waals surface area contributed by atoms with E-state index in [0.717, 1.165) is 50.3 Å². The average molecular weight is 552 g/mol. The van der Waals surface area contributed by atoms with Gasteiger partial charge in [0.05, 0.1) is 16.2 Å². The summed E-state index contributed by atoms with van der Waals surface area (Å²) in [7, 11) is 0. The summed E-state index contributed by atoms with van der Waals surface area (Å²) in [5, 5.41) is 17.9. The Hall–Kier alpha value is -4.01. The minimum Gasteiger partial charge on any atom is -0.354 e. The summed E-state index contributed by atoms with van der Waals surface area (Å²) in [6.45, 7) is 6.77. The molecule has 0 aromatic heterocycles. The van der Waals surface area contributed by atoms with Crippen molar-refractivity contribution in [1.29, 1.82) is 0 Å². The van der Waals surface area contributed by atoms with Crippen LogP contribution in [0.2, 0.25) is 0 Å². The lowest BCUT2D eigenvalue weighted by molar-refractivity contribution is -0.384. The highest BCUT2D eigenvalue weighted by molar-refractivity contribution is 6.37. The molecule has 2 fully saturated rings. The van der Waals surface area contributed by atoms with Crippen LogP contribution in [0, 0.1) is 10.1 Å². The number of hydrogen-bond acceptors (Lipinski definition) is 6.